The molecule has 0 aromatic heterocycles. The monoisotopic (exact) mass is 313 g/mol. The van der Waals surface area contributed by atoms with Gasteiger partial charge in [-0.05, 0) is 26.0 Å². The molecule has 0 bridgehead atoms. The van der Waals surface area contributed by atoms with Gasteiger partial charge in [-0.1, -0.05) is 30.3 Å². The van der Waals surface area contributed by atoms with Crippen molar-refractivity contribution in [2.75, 3.05) is 18.0 Å². The molecule has 0 fully saturated rings. The fourth-order valence-corrected chi connectivity index (χ4v) is 2.54. The van der Waals surface area contributed by atoms with Crippen molar-refractivity contribution in [3.05, 3.63) is 59.2 Å². The zero-order valence-corrected chi connectivity index (χ0v) is 13.1. The highest BCUT2D eigenvalue weighted by Crippen LogP contribution is 2.35. The Morgan fingerprint density at radius 2 is 1.61 bits per heavy atom. The van der Waals surface area contributed by atoms with E-state index in [0.717, 1.165) is 0 Å². The summed E-state index contributed by atoms with van der Waals surface area (Å²) in [6.45, 7) is 5.12. The smallest absolute Gasteiger partial charge is 0.336 e. The zero-order valence-electron chi connectivity index (χ0n) is 13.1. The lowest BCUT2D eigenvalue weighted by Crippen LogP contribution is -2.23. The van der Waals surface area contributed by atoms with E-state index in [1.165, 1.54) is 12.1 Å². The van der Waals surface area contributed by atoms with Gasteiger partial charge in [0.2, 0.25) is 0 Å². The van der Waals surface area contributed by atoms with Crippen LogP contribution in [0.1, 0.15) is 40.1 Å². The normalized spacial score (nSPS) is 10.3. The molecule has 2 rings (SSSR count). The molecule has 0 aliphatic rings. The van der Waals surface area contributed by atoms with Crippen molar-refractivity contribution in [1.29, 1.82) is 0 Å². The highest BCUT2D eigenvalue weighted by atomic mass is 16.4. The van der Waals surface area contributed by atoms with Gasteiger partial charge in [-0.3, -0.25) is 4.79 Å². The van der Waals surface area contributed by atoms with Crippen LogP contribution in [0.5, 0.6) is 5.75 Å². The molecule has 2 N–H and O–H groups in total. The van der Waals surface area contributed by atoms with Crippen molar-refractivity contribution < 1.29 is 19.8 Å². The Balaban J connectivity index is 2.66. The second kappa shape index (κ2) is 6.96. The summed E-state index contributed by atoms with van der Waals surface area (Å²) in [6, 6.07) is 11.2. The molecule has 0 spiro atoms. The van der Waals surface area contributed by atoms with E-state index in [0.29, 0.717) is 24.3 Å². The number of carboxylic acid groups (broad SMARTS) is 1. The Hall–Kier alpha value is -2.82. The van der Waals surface area contributed by atoms with Crippen LogP contribution in [0.15, 0.2) is 42.5 Å². The van der Waals surface area contributed by atoms with Gasteiger partial charge in [-0.15, -0.1) is 0 Å². The number of hydrogen-bond donors (Lipinski definition) is 2. The Morgan fingerprint density at radius 1 is 1.00 bits per heavy atom. The fourth-order valence-electron chi connectivity index (χ4n) is 2.54. The lowest BCUT2D eigenvalue weighted by Gasteiger charge is -2.23. The number of carbonyl (C=O) groups is 2. The Morgan fingerprint density at radius 3 is 2.13 bits per heavy atom. The predicted molar refractivity (Wildman–Crippen MR) is 88.5 cm³/mol. The minimum Gasteiger partial charge on any atom is -0.505 e. The van der Waals surface area contributed by atoms with Crippen molar-refractivity contribution in [3.63, 3.8) is 0 Å². The van der Waals surface area contributed by atoms with E-state index in [9.17, 15) is 19.8 Å². The molecule has 5 heteroatoms. The number of hydrogen-bond acceptors (Lipinski definition) is 4. The summed E-state index contributed by atoms with van der Waals surface area (Å²) in [6.07, 6.45) is 0. The number of aromatic hydroxyl groups is 1. The number of anilines is 1. The first-order valence-corrected chi connectivity index (χ1v) is 7.45. The predicted octanol–water partition coefficient (Wildman–Crippen LogP) is 3.17. The summed E-state index contributed by atoms with van der Waals surface area (Å²) < 4.78 is 0. The minimum atomic E-state index is -1.24. The van der Waals surface area contributed by atoms with Crippen LogP contribution in [0.3, 0.4) is 0 Å². The first kappa shape index (κ1) is 16.5. The second-order valence-corrected chi connectivity index (χ2v) is 5.03. The molecule has 0 radical (unpaired) electrons. The molecule has 2 aromatic rings. The number of phenolic OH excluding ortho intramolecular Hbond substituents is 1. The van der Waals surface area contributed by atoms with Gasteiger partial charge in [0, 0.05) is 18.7 Å². The Labute approximate surface area is 134 Å². The first-order valence-electron chi connectivity index (χ1n) is 7.45. The number of carboxylic acids is 1. The third-order valence-electron chi connectivity index (χ3n) is 3.75. The number of rotatable bonds is 6. The van der Waals surface area contributed by atoms with Gasteiger partial charge >= 0.3 is 5.97 Å². The van der Waals surface area contributed by atoms with Crippen LogP contribution in [0.25, 0.3) is 0 Å². The second-order valence-electron chi connectivity index (χ2n) is 5.03. The van der Waals surface area contributed by atoms with Gasteiger partial charge in [0.15, 0.2) is 11.5 Å². The standard InChI is InChI=1S/C18H19NO4/c1-3-19(4-2)14-11-10-13(18(22)23)15(17(14)21)16(20)12-8-6-5-7-9-12/h5-11,21H,3-4H2,1-2H3,(H,22,23). The van der Waals surface area contributed by atoms with E-state index in [1.807, 2.05) is 18.7 Å². The third kappa shape index (κ3) is 3.18. The zero-order chi connectivity index (χ0) is 17.0. The minimum absolute atomic E-state index is 0.173. The Bertz CT molecular complexity index is 721. The summed E-state index contributed by atoms with van der Waals surface area (Å²) in [5.41, 5.74) is 0.418. The van der Waals surface area contributed by atoms with Crippen molar-refractivity contribution in [2.45, 2.75) is 13.8 Å². The molecule has 0 amide bonds. The largest absolute Gasteiger partial charge is 0.505 e. The summed E-state index contributed by atoms with van der Waals surface area (Å²) in [5.74, 6) is -2.04. The lowest BCUT2D eigenvalue weighted by molar-refractivity contribution is 0.0692. The van der Waals surface area contributed by atoms with Crippen molar-refractivity contribution in [3.8, 4) is 5.75 Å². The van der Waals surface area contributed by atoms with E-state index in [2.05, 4.69) is 0 Å². The highest BCUT2D eigenvalue weighted by molar-refractivity contribution is 6.16. The van der Waals surface area contributed by atoms with Crippen LogP contribution in [0, 0.1) is 0 Å². The molecule has 0 saturated carbocycles. The van der Waals surface area contributed by atoms with Gasteiger partial charge in [-0.2, -0.15) is 0 Å². The molecule has 0 saturated heterocycles. The van der Waals surface area contributed by atoms with E-state index in [4.69, 9.17) is 0 Å². The number of benzene rings is 2. The number of ketones is 1. The SMILES string of the molecule is CCN(CC)c1ccc(C(=O)O)c(C(=O)c2ccccc2)c1O. The van der Waals surface area contributed by atoms with Crippen LogP contribution < -0.4 is 4.90 Å². The Kier molecular flexibility index (Phi) is 5.01. The van der Waals surface area contributed by atoms with Crippen molar-refractivity contribution in [1.82, 2.24) is 0 Å². The highest BCUT2D eigenvalue weighted by Gasteiger charge is 2.25. The molecule has 0 atom stereocenters. The number of carbonyl (C=O) groups excluding carboxylic acids is 1. The molecular formula is C18H19NO4. The van der Waals surface area contributed by atoms with Crippen LogP contribution in [0.2, 0.25) is 0 Å². The molecule has 2 aromatic carbocycles. The molecule has 5 nitrogen and oxygen atoms in total. The lowest BCUT2D eigenvalue weighted by atomic mass is 9.96. The van der Waals surface area contributed by atoms with Gasteiger partial charge in [0.05, 0.1) is 16.8 Å². The van der Waals surface area contributed by atoms with Crippen LogP contribution >= 0.6 is 0 Å². The summed E-state index contributed by atoms with van der Waals surface area (Å²) in [4.78, 5) is 26.0. The maximum Gasteiger partial charge on any atom is 0.336 e. The average molecular weight is 313 g/mol. The average Bonchev–Trinajstić information content (AvgIpc) is 2.57. The van der Waals surface area contributed by atoms with Gasteiger partial charge in [0.25, 0.3) is 0 Å². The molecular weight excluding hydrogens is 294 g/mol. The summed E-state index contributed by atoms with van der Waals surface area (Å²) in [7, 11) is 0. The molecule has 120 valence electrons. The topological polar surface area (TPSA) is 77.8 Å². The molecule has 23 heavy (non-hydrogen) atoms. The van der Waals surface area contributed by atoms with Gasteiger partial charge in [-0.25, -0.2) is 4.79 Å². The first-order chi connectivity index (χ1) is 11.0. The van der Waals surface area contributed by atoms with Gasteiger partial charge in [0.1, 0.15) is 0 Å². The summed E-state index contributed by atoms with van der Waals surface area (Å²) in [5, 5.41) is 19.9. The number of nitrogens with zero attached hydrogens (tertiary/aromatic N) is 1. The maximum absolute atomic E-state index is 12.7. The third-order valence-corrected chi connectivity index (χ3v) is 3.75. The van der Waals surface area contributed by atoms with Crippen molar-refractivity contribution in [2.24, 2.45) is 0 Å². The van der Waals surface area contributed by atoms with E-state index >= 15 is 0 Å². The molecule has 0 aliphatic carbocycles. The maximum atomic E-state index is 12.7. The van der Waals surface area contributed by atoms with E-state index in [1.54, 1.807) is 30.3 Å². The van der Waals surface area contributed by atoms with Crippen molar-refractivity contribution >= 4 is 17.4 Å². The summed E-state index contributed by atoms with van der Waals surface area (Å²) >= 11 is 0. The fraction of sp³-hybridized carbons (Fsp3) is 0.222. The van der Waals surface area contributed by atoms with E-state index < -0.39 is 11.8 Å². The van der Waals surface area contributed by atoms with Crippen LogP contribution in [-0.4, -0.2) is 35.1 Å². The van der Waals surface area contributed by atoms with Crippen LogP contribution in [0.4, 0.5) is 5.69 Å². The van der Waals surface area contributed by atoms with E-state index in [-0.39, 0.29) is 16.9 Å². The number of phenols is 1. The van der Waals surface area contributed by atoms with Crippen LogP contribution in [-0.2, 0) is 0 Å². The quantitative estimate of drug-likeness (QED) is 0.801. The number of aromatic carboxylic acids is 1. The molecule has 0 aliphatic heterocycles. The molecule has 0 heterocycles. The molecule has 0 unspecified atom stereocenters. The van der Waals surface area contributed by atoms with Gasteiger partial charge < -0.3 is 15.1 Å².